The molecule has 4 aromatic rings. The molecular weight excluding hydrogens is 352 g/mol. The molecule has 0 aliphatic carbocycles. The minimum absolute atomic E-state index is 0.110. The Morgan fingerprint density at radius 1 is 0.963 bits per heavy atom. The number of hydrogen-bond donors (Lipinski definition) is 1. The van der Waals surface area contributed by atoms with Crippen molar-refractivity contribution in [2.45, 2.75) is 20.8 Å². The van der Waals surface area contributed by atoms with E-state index < -0.39 is 0 Å². The van der Waals surface area contributed by atoms with Gasteiger partial charge in [0.2, 0.25) is 0 Å². The van der Waals surface area contributed by atoms with Crippen molar-refractivity contribution >= 4 is 33.8 Å². The van der Waals surface area contributed by atoms with Crippen LogP contribution in [0.2, 0.25) is 0 Å². The monoisotopic (exact) mass is 372 g/mol. The number of rotatable bonds is 3. The number of carbonyl (C=O) groups excluding carboxylic acids is 1. The van der Waals surface area contributed by atoms with E-state index in [2.05, 4.69) is 24.4 Å². The minimum atomic E-state index is -0.110. The van der Waals surface area contributed by atoms with Crippen LogP contribution in [0.5, 0.6) is 0 Å². The van der Waals surface area contributed by atoms with Crippen molar-refractivity contribution in [3.63, 3.8) is 0 Å². The van der Waals surface area contributed by atoms with Crippen LogP contribution in [0.25, 0.3) is 21.5 Å². The van der Waals surface area contributed by atoms with Crippen LogP contribution in [0, 0.1) is 20.8 Å². The maximum absolute atomic E-state index is 13.2. The fraction of sp³-hybridized carbons (Fsp3) is 0.130. The average molecular weight is 372 g/mol. The minimum Gasteiger partial charge on any atom is -0.321 e. The van der Waals surface area contributed by atoms with Crippen molar-refractivity contribution in [1.29, 1.82) is 0 Å². The topological polar surface area (TPSA) is 42.0 Å². The third kappa shape index (κ3) is 3.36. The second-order valence-corrected chi connectivity index (χ2v) is 7.73. The molecule has 0 saturated carbocycles. The number of nitrogens with zero attached hydrogens (tertiary/aromatic N) is 1. The molecule has 2 aromatic carbocycles. The quantitative estimate of drug-likeness (QED) is 0.469. The van der Waals surface area contributed by atoms with Crippen LogP contribution in [0.3, 0.4) is 0 Å². The molecule has 0 radical (unpaired) electrons. The van der Waals surface area contributed by atoms with Gasteiger partial charge in [0.1, 0.15) is 0 Å². The van der Waals surface area contributed by atoms with Crippen LogP contribution < -0.4 is 5.32 Å². The smallest absolute Gasteiger partial charge is 0.256 e. The van der Waals surface area contributed by atoms with Crippen LogP contribution >= 0.6 is 11.3 Å². The van der Waals surface area contributed by atoms with Crippen molar-refractivity contribution in [3.05, 3.63) is 82.2 Å². The molecule has 3 nitrogen and oxygen atoms in total. The molecule has 4 heteroatoms. The Labute approximate surface area is 162 Å². The molecule has 0 bridgehead atoms. The maximum Gasteiger partial charge on any atom is 0.256 e. The number of benzene rings is 2. The second kappa shape index (κ2) is 6.97. The van der Waals surface area contributed by atoms with Crippen LogP contribution in [0.4, 0.5) is 5.69 Å². The summed E-state index contributed by atoms with van der Waals surface area (Å²) in [6.45, 7) is 6.12. The summed E-state index contributed by atoms with van der Waals surface area (Å²) in [5.74, 6) is -0.110. The predicted molar refractivity (Wildman–Crippen MR) is 114 cm³/mol. The van der Waals surface area contributed by atoms with Crippen LogP contribution in [-0.4, -0.2) is 10.9 Å². The number of para-hydroxylation sites is 1. The van der Waals surface area contributed by atoms with E-state index in [1.165, 1.54) is 5.56 Å². The predicted octanol–water partition coefficient (Wildman–Crippen LogP) is 6.14. The Balaban J connectivity index is 1.82. The Bertz CT molecular complexity index is 1120. The molecule has 1 amide bonds. The molecule has 0 saturated heterocycles. The summed E-state index contributed by atoms with van der Waals surface area (Å²) >= 11 is 1.62. The normalized spacial score (nSPS) is 10.9. The molecule has 0 aliphatic heterocycles. The number of hydrogen-bond acceptors (Lipinski definition) is 3. The van der Waals surface area contributed by atoms with E-state index in [1.807, 2.05) is 61.7 Å². The third-order valence-corrected chi connectivity index (χ3v) is 5.54. The average Bonchev–Trinajstić information content (AvgIpc) is 3.18. The van der Waals surface area contributed by atoms with Gasteiger partial charge in [-0.1, -0.05) is 42.0 Å². The zero-order valence-corrected chi connectivity index (χ0v) is 16.4. The molecule has 0 spiro atoms. The van der Waals surface area contributed by atoms with E-state index in [-0.39, 0.29) is 5.91 Å². The number of aryl methyl sites for hydroxylation is 3. The molecule has 2 heterocycles. The third-order valence-electron chi connectivity index (χ3n) is 4.65. The first-order valence-electron chi connectivity index (χ1n) is 8.86. The Morgan fingerprint density at radius 2 is 1.70 bits per heavy atom. The molecule has 2 aromatic heterocycles. The molecule has 0 unspecified atom stereocenters. The highest BCUT2D eigenvalue weighted by Crippen LogP contribution is 2.29. The fourth-order valence-electron chi connectivity index (χ4n) is 3.47. The summed E-state index contributed by atoms with van der Waals surface area (Å²) in [5, 5.41) is 6.00. The van der Waals surface area contributed by atoms with Gasteiger partial charge in [0.05, 0.1) is 21.7 Å². The van der Waals surface area contributed by atoms with Crippen molar-refractivity contribution in [1.82, 2.24) is 4.98 Å². The van der Waals surface area contributed by atoms with Gasteiger partial charge in [-0.3, -0.25) is 4.79 Å². The van der Waals surface area contributed by atoms with Gasteiger partial charge in [0, 0.05) is 11.1 Å². The highest BCUT2D eigenvalue weighted by Gasteiger charge is 2.16. The van der Waals surface area contributed by atoms with Crippen LogP contribution in [0.1, 0.15) is 27.0 Å². The first-order chi connectivity index (χ1) is 13.0. The number of amides is 1. The summed E-state index contributed by atoms with van der Waals surface area (Å²) in [6.07, 6.45) is 0. The van der Waals surface area contributed by atoms with Crippen LogP contribution in [-0.2, 0) is 0 Å². The number of carbonyl (C=O) groups is 1. The lowest BCUT2D eigenvalue weighted by Crippen LogP contribution is -2.15. The number of anilines is 1. The summed E-state index contributed by atoms with van der Waals surface area (Å²) in [4.78, 5) is 19.0. The van der Waals surface area contributed by atoms with Gasteiger partial charge in [-0.25, -0.2) is 4.98 Å². The lowest BCUT2D eigenvalue weighted by molar-refractivity contribution is 0.102. The number of aromatic nitrogens is 1. The largest absolute Gasteiger partial charge is 0.321 e. The van der Waals surface area contributed by atoms with Crippen LogP contribution in [0.15, 0.2) is 60.0 Å². The number of pyridine rings is 1. The highest BCUT2D eigenvalue weighted by atomic mass is 32.1. The number of fused-ring (bicyclic) bond motifs is 1. The highest BCUT2D eigenvalue weighted by molar-refractivity contribution is 7.13. The maximum atomic E-state index is 13.2. The number of nitrogens with one attached hydrogen (secondary N) is 1. The lowest BCUT2D eigenvalue weighted by Gasteiger charge is -2.14. The van der Waals surface area contributed by atoms with E-state index in [0.29, 0.717) is 5.56 Å². The Hall–Kier alpha value is -2.98. The summed E-state index contributed by atoms with van der Waals surface area (Å²) in [6, 6.07) is 17.9. The van der Waals surface area contributed by atoms with Gasteiger partial charge in [-0.15, -0.1) is 11.3 Å². The molecule has 0 fully saturated rings. The lowest BCUT2D eigenvalue weighted by atomic mass is 10.0. The van der Waals surface area contributed by atoms with Gasteiger partial charge in [0.15, 0.2) is 0 Å². The van der Waals surface area contributed by atoms with Gasteiger partial charge in [0.25, 0.3) is 5.91 Å². The van der Waals surface area contributed by atoms with Crippen molar-refractivity contribution in [2.24, 2.45) is 0 Å². The zero-order valence-electron chi connectivity index (χ0n) is 15.5. The summed E-state index contributed by atoms with van der Waals surface area (Å²) < 4.78 is 0. The molecule has 1 N–H and O–H groups in total. The fourth-order valence-corrected chi connectivity index (χ4v) is 4.16. The van der Waals surface area contributed by atoms with Crippen molar-refractivity contribution in [3.8, 4) is 10.6 Å². The van der Waals surface area contributed by atoms with Gasteiger partial charge in [-0.2, -0.15) is 0 Å². The first kappa shape index (κ1) is 17.4. The van der Waals surface area contributed by atoms with E-state index in [4.69, 9.17) is 4.98 Å². The first-order valence-corrected chi connectivity index (χ1v) is 9.74. The molecule has 4 rings (SSSR count). The van der Waals surface area contributed by atoms with E-state index in [9.17, 15) is 4.79 Å². The van der Waals surface area contributed by atoms with Crippen molar-refractivity contribution < 1.29 is 4.79 Å². The molecule has 0 aliphatic rings. The Kier molecular flexibility index (Phi) is 4.50. The van der Waals surface area contributed by atoms with Crippen molar-refractivity contribution in [2.75, 3.05) is 5.32 Å². The molecule has 134 valence electrons. The standard InChI is InChI=1S/C23H20N2OS/c1-14-11-15(2)22(16(3)12-14)25-23(26)18-13-20(21-9-6-10-27-21)24-19-8-5-4-7-17(18)19/h4-13H,1-3H3,(H,25,26). The van der Waals surface area contributed by atoms with E-state index >= 15 is 0 Å². The van der Waals surface area contributed by atoms with E-state index in [0.717, 1.165) is 38.3 Å². The summed E-state index contributed by atoms with van der Waals surface area (Å²) in [7, 11) is 0. The molecule has 0 atom stereocenters. The molecular formula is C23H20N2OS. The second-order valence-electron chi connectivity index (χ2n) is 6.78. The van der Waals surface area contributed by atoms with Gasteiger partial charge < -0.3 is 5.32 Å². The van der Waals surface area contributed by atoms with E-state index in [1.54, 1.807) is 11.3 Å². The summed E-state index contributed by atoms with van der Waals surface area (Å²) in [5.41, 5.74) is 6.50. The number of thiophene rings is 1. The molecule has 27 heavy (non-hydrogen) atoms. The zero-order chi connectivity index (χ0) is 19.0. The van der Waals surface area contributed by atoms with Gasteiger partial charge >= 0.3 is 0 Å². The van der Waals surface area contributed by atoms with Gasteiger partial charge in [-0.05, 0) is 55.5 Å². The SMILES string of the molecule is Cc1cc(C)c(NC(=O)c2cc(-c3cccs3)nc3ccccc23)c(C)c1. The Morgan fingerprint density at radius 3 is 2.41 bits per heavy atom.